The lowest BCUT2D eigenvalue weighted by Gasteiger charge is -2.10. The molecule has 0 radical (unpaired) electrons. The number of hydrogen-bond acceptors (Lipinski definition) is 5. The first-order valence-electron chi connectivity index (χ1n) is 5.78. The van der Waals surface area contributed by atoms with Crippen LogP contribution < -0.4 is 10.0 Å². The second-order valence-corrected chi connectivity index (χ2v) is 6.18. The zero-order valence-electron chi connectivity index (χ0n) is 10.8. The fraction of sp³-hybridized carbons (Fsp3) is 0.455. The summed E-state index contributed by atoms with van der Waals surface area (Å²) in [7, 11) is -3.51. The minimum Gasteiger partial charge on any atom is -0.313 e. The predicted molar refractivity (Wildman–Crippen MR) is 73.6 cm³/mol. The number of nitrogens with zero attached hydrogens (tertiary/aromatic N) is 1. The monoisotopic (exact) mass is 287 g/mol. The molecule has 7 nitrogen and oxygen atoms in total. The van der Waals surface area contributed by atoms with E-state index in [9.17, 15) is 18.5 Å². The quantitative estimate of drug-likeness (QED) is 0.582. The summed E-state index contributed by atoms with van der Waals surface area (Å²) >= 11 is 0. The third kappa shape index (κ3) is 5.66. The van der Waals surface area contributed by atoms with Crippen LogP contribution in [0.5, 0.6) is 0 Å². The Balaban J connectivity index is 2.67. The summed E-state index contributed by atoms with van der Waals surface area (Å²) in [5, 5.41) is 13.6. The van der Waals surface area contributed by atoms with Gasteiger partial charge < -0.3 is 5.32 Å². The van der Waals surface area contributed by atoms with E-state index in [0.29, 0.717) is 6.54 Å². The Morgan fingerprint density at radius 1 is 1.37 bits per heavy atom. The van der Waals surface area contributed by atoms with Crippen LogP contribution in [0.1, 0.15) is 13.8 Å². The molecular formula is C11H17N3O4S. The second-order valence-electron chi connectivity index (χ2n) is 4.34. The number of hydrogen-bond donors (Lipinski definition) is 2. The molecule has 0 unspecified atom stereocenters. The SMILES string of the molecule is CC(C)NCCS(=O)(=O)Nc1cccc([N+](=O)[O-])c1. The molecule has 19 heavy (non-hydrogen) atoms. The summed E-state index contributed by atoms with van der Waals surface area (Å²) in [6, 6.07) is 5.60. The van der Waals surface area contributed by atoms with Crippen molar-refractivity contribution in [3.05, 3.63) is 34.4 Å². The largest absolute Gasteiger partial charge is 0.313 e. The Hall–Kier alpha value is -1.67. The lowest BCUT2D eigenvalue weighted by atomic mass is 10.3. The summed E-state index contributed by atoms with van der Waals surface area (Å²) in [5.74, 6) is -0.0894. The zero-order valence-corrected chi connectivity index (χ0v) is 11.6. The van der Waals surface area contributed by atoms with Gasteiger partial charge in [0.2, 0.25) is 10.0 Å². The fourth-order valence-electron chi connectivity index (χ4n) is 1.40. The van der Waals surface area contributed by atoms with Gasteiger partial charge >= 0.3 is 0 Å². The van der Waals surface area contributed by atoms with Gasteiger partial charge in [-0.15, -0.1) is 0 Å². The van der Waals surface area contributed by atoms with Gasteiger partial charge in [0, 0.05) is 24.7 Å². The van der Waals surface area contributed by atoms with Gasteiger partial charge in [0.1, 0.15) is 0 Å². The van der Waals surface area contributed by atoms with Crippen LogP contribution in [0.3, 0.4) is 0 Å². The van der Waals surface area contributed by atoms with E-state index in [-0.39, 0.29) is 23.2 Å². The number of rotatable bonds is 7. The first kappa shape index (κ1) is 15.4. The van der Waals surface area contributed by atoms with Crippen LogP contribution in [0.2, 0.25) is 0 Å². The highest BCUT2D eigenvalue weighted by molar-refractivity contribution is 7.92. The number of benzene rings is 1. The van der Waals surface area contributed by atoms with E-state index in [1.807, 2.05) is 13.8 Å². The molecule has 8 heteroatoms. The molecule has 1 aromatic rings. The molecular weight excluding hydrogens is 270 g/mol. The molecule has 0 aliphatic heterocycles. The Morgan fingerprint density at radius 2 is 2.05 bits per heavy atom. The minimum absolute atomic E-state index is 0.0894. The average Bonchev–Trinajstić information content (AvgIpc) is 2.27. The molecule has 2 N–H and O–H groups in total. The highest BCUT2D eigenvalue weighted by atomic mass is 32.2. The van der Waals surface area contributed by atoms with Gasteiger partial charge in [-0.1, -0.05) is 19.9 Å². The normalized spacial score (nSPS) is 11.5. The van der Waals surface area contributed by atoms with Gasteiger partial charge in [-0.2, -0.15) is 0 Å². The molecule has 0 atom stereocenters. The van der Waals surface area contributed by atoms with Crippen LogP contribution >= 0.6 is 0 Å². The lowest BCUT2D eigenvalue weighted by Crippen LogP contribution is -2.30. The van der Waals surface area contributed by atoms with E-state index < -0.39 is 14.9 Å². The Bertz CT molecular complexity index is 543. The van der Waals surface area contributed by atoms with Crippen molar-refractivity contribution in [2.75, 3.05) is 17.0 Å². The first-order chi connectivity index (χ1) is 8.80. The van der Waals surface area contributed by atoms with Crippen LogP contribution in [-0.4, -0.2) is 31.7 Å². The average molecular weight is 287 g/mol. The van der Waals surface area contributed by atoms with Crippen LogP contribution in [0.4, 0.5) is 11.4 Å². The van der Waals surface area contributed by atoms with Crippen molar-refractivity contribution >= 4 is 21.4 Å². The molecule has 0 fully saturated rings. The van der Waals surface area contributed by atoms with Crippen LogP contribution in [-0.2, 0) is 10.0 Å². The molecule has 0 aliphatic rings. The van der Waals surface area contributed by atoms with Crippen molar-refractivity contribution in [2.24, 2.45) is 0 Å². The van der Waals surface area contributed by atoms with Gasteiger partial charge in [-0.05, 0) is 6.07 Å². The number of non-ortho nitro benzene ring substituents is 1. The highest BCUT2D eigenvalue weighted by Crippen LogP contribution is 2.17. The number of nitro groups is 1. The molecule has 0 heterocycles. The molecule has 106 valence electrons. The fourth-order valence-corrected chi connectivity index (χ4v) is 2.37. The topological polar surface area (TPSA) is 101 Å². The summed E-state index contributed by atoms with van der Waals surface area (Å²) in [5.41, 5.74) is 0.0410. The van der Waals surface area contributed by atoms with Crippen molar-refractivity contribution < 1.29 is 13.3 Å². The van der Waals surface area contributed by atoms with Crippen LogP contribution in [0.25, 0.3) is 0 Å². The summed E-state index contributed by atoms with van der Waals surface area (Å²) in [6.07, 6.45) is 0. The minimum atomic E-state index is -3.51. The van der Waals surface area contributed by atoms with Crippen molar-refractivity contribution in [1.29, 1.82) is 0 Å². The standard InChI is InChI=1S/C11H17N3O4S/c1-9(2)12-6-7-19(17,18)13-10-4-3-5-11(8-10)14(15)16/h3-5,8-9,12-13H,6-7H2,1-2H3. The van der Waals surface area contributed by atoms with Gasteiger partial charge in [0.05, 0.1) is 16.4 Å². The molecule has 1 rings (SSSR count). The molecule has 0 bridgehead atoms. The van der Waals surface area contributed by atoms with Crippen LogP contribution in [0, 0.1) is 10.1 Å². The number of nitro benzene ring substituents is 1. The van der Waals surface area contributed by atoms with Gasteiger partial charge in [-0.3, -0.25) is 14.8 Å². The van der Waals surface area contributed by atoms with E-state index in [0.717, 1.165) is 0 Å². The molecule has 0 saturated heterocycles. The van der Waals surface area contributed by atoms with E-state index in [1.165, 1.54) is 24.3 Å². The van der Waals surface area contributed by atoms with E-state index in [4.69, 9.17) is 0 Å². The Kier molecular flexibility index (Phi) is 5.25. The molecule has 0 amide bonds. The smallest absolute Gasteiger partial charge is 0.271 e. The van der Waals surface area contributed by atoms with E-state index in [1.54, 1.807) is 0 Å². The number of sulfonamides is 1. The summed E-state index contributed by atoms with van der Waals surface area (Å²) in [6.45, 7) is 4.16. The maximum absolute atomic E-state index is 11.7. The van der Waals surface area contributed by atoms with Crippen molar-refractivity contribution in [1.82, 2.24) is 5.32 Å². The van der Waals surface area contributed by atoms with Crippen molar-refractivity contribution in [3.8, 4) is 0 Å². The highest BCUT2D eigenvalue weighted by Gasteiger charge is 2.12. The Morgan fingerprint density at radius 3 is 2.63 bits per heavy atom. The van der Waals surface area contributed by atoms with Gasteiger partial charge in [0.15, 0.2) is 0 Å². The van der Waals surface area contributed by atoms with Crippen molar-refractivity contribution in [2.45, 2.75) is 19.9 Å². The second kappa shape index (κ2) is 6.48. The third-order valence-electron chi connectivity index (χ3n) is 2.25. The maximum atomic E-state index is 11.7. The van der Waals surface area contributed by atoms with Crippen molar-refractivity contribution in [3.63, 3.8) is 0 Å². The lowest BCUT2D eigenvalue weighted by molar-refractivity contribution is -0.384. The van der Waals surface area contributed by atoms with Crippen LogP contribution in [0.15, 0.2) is 24.3 Å². The number of nitrogens with one attached hydrogen (secondary N) is 2. The maximum Gasteiger partial charge on any atom is 0.271 e. The Labute approximate surface area is 112 Å². The molecule has 0 aromatic heterocycles. The van der Waals surface area contributed by atoms with Gasteiger partial charge in [-0.25, -0.2) is 8.42 Å². The molecule has 1 aromatic carbocycles. The predicted octanol–water partition coefficient (Wildman–Crippen LogP) is 1.33. The van der Waals surface area contributed by atoms with Gasteiger partial charge in [0.25, 0.3) is 5.69 Å². The summed E-state index contributed by atoms with van der Waals surface area (Å²) < 4.78 is 25.8. The van der Waals surface area contributed by atoms with E-state index in [2.05, 4.69) is 10.0 Å². The third-order valence-corrected chi connectivity index (χ3v) is 3.54. The van der Waals surface area contributed by atoms with E-state index >= 15 is 0 Å². The number of anilines is 1. The molecule has 0 saturated carbocycles. The summed E-state index contributed by atoms with van der Waals surface area (Å²) in [4.78, 5) is 10.0. The zero-order chi connectivity index (χ0) is 14.5. The first-order valence-corrected chi connectivity index (χ1v) is 7.44. The molecule has 0 aliphatic carbocycles. The molecule has 0 spiro atoms.